The highest BCUT2D eigenvalue weighted by Crippen LogP contribution is 2.27. The Morgan fingerprint density at radius 2 is 1.72 bits per heavy atom. The zero-order chi connectivity index (χ0) is 13.9. The Balaban J connectivity index is 3.05. The van der Waals surface area contributed by atoms with Crippen LogP contribution >= 0.6 is 0 Å². The first kappa shape index (κ1) is 15.0. The van der Waals surface area contributed by atoms with E-state index in [2.05, 4.69) is 53.3 Å². The van der Waals surface area contributed by atoms with Crippen molar-refractivity contribution in [1.29, 1.82) is 0 Å². The van der Waals surface area contributed by atoms with E-state index in [1.807, 2.05) is 0 Å². The van der Waals surface area contributed by atoms with Crippen LogP contribution in [0.4, 0.5) is 0 Å². The zero-order valence-corrected chi connectivity index (χ0v) is 12.4. The summed E-state index contributed by atoms with van der Waals surface area (Å²) in [7, 11) is 0. The van der Waals surface area contributed by atoms with Gasteiger partial charge >= 0.3 is 0 Å². The summed E-state index contributed by atoms with van der Waals surface area (Å²) in [6.45, 7) is 14.6. The molecule has 0 aliphatic carbocycles. The largest absolute Gasteiger partial charge is 0.392 e. The lowest BCUT2D eigenvalue weighted by molar-refractivity contribution is 0.178. The van der Waals surface area contributed by atoms with Gasteiger partial charge in [0.25, 0.3) is 0 Å². The topological polar surface area (TPSA) is 20.2 Å². The van der Waals surface area contributed by atoms with Crippen LogP contribution < -0.4 is 0 Å². The van der Waals surface area contributed by atoms with Gasteiger partial charge in [-0.2, -0.15) is 0 Å². The monoisotopic (exact) mass is 246 g/mol. The maximum Gasteiger partial charge on any atom is 0.0615 e. The van der Waals surface area contributed by atoms with Gasteiger partial charge in [-0.1, -0.05) is 39.0 Å². The van der Waals surface area contributed by atoms with Crippen LogP contribution in [0.1, 0.15) is 49.4 Å². The molecule has 1 atom stereocenters. The van der Waals surface area contributed by atoms with Gasteiger partial charge in [0, 0.05) is 0 Å². The Morgan fingerprint density at radius 1 is 1.22 bits per heavy atom. The average molecular weight is 246 g/mol. The maximum atomic E-state index is 9.91. The molecule has 1 rings (SSSR count). The van der Waals surface area contributed by atoms with Crippen LogP contribution in [0.15, 0.2) is 24.8 Å². The first-order valence-corrected chi connectivity index (χ1v) is 6.65. The molecule has 1 aromatic carbocycles. The van der Waals surface area contributed by atoms with E-state index >= 15 is 0 Å². The Morgan fingerprint density at radius 3 is 2.11 bits per heavy atom. The van der Waals surface area contributed by atoms with E-state index in [1.165, 1.54) is 22.3 Å². The normalized spacial score (nSPS) is 13.4. The molecule has 0 amide bonds. The van der Waals surface area contributed by atoms with Crippen molar-refractivity contribution in [2.45, 2.75) is 59.0 Å². The zero-order valence-electron chi connectivity index (χ0n) is 12.4. The first-order chi connectivity index (χ1) is 8.25. The molecule has 1 N–H and O–H groups in total. The molecule has 0 aromatic heterocycles. The maximum absolute atomic E-state index is 9.91. The quantitative estimate of drug-likeness (QED) is 0.794. The standard InChI is InChI=1S/C17H26O/c1-7-8-15(18)11-16-12(2)9-14(10-13(16)3)17(4,5)6/h7,9-10,15,18H,1,8,11H2,2-6H3. The van der Waals surface area contributed by atoms with Crippen molar-refractivity contribution in [2.75, 3.05) is 0 Å². The van der Waals surface area contributed by atoms with Gasteiger partial charge in [0.05, 0.1) is 6.10 Å². The highest BCUT2D eigenvalue weighted by Gasteiger charge is 2.17. The molecule has 0 spiro atoms. The highest BCUT2D eigenvalue weighted by atomic mass is 16.3. The summed E-state index contributed by atoms with van der Waals surface area (Å²) in [6, 6.07) is 4.51. The Bertz CT molecular complexity index is 401. The van der Waals surface area contributed by atoms with E-state index in [9.17, 15) is 5.11 Å². The van der Waals surface area contributed by atoms with Gasteiger partial charge in [-0.15, -0.1) is 6.58 Å². The van der Waals surface area contributed by atoms with Crippen molar-refractivity contribution < 1.29 is 5.11 Å². The van der Waals surface area contributed by atoms with Crippen molar-refractivity contribution in [3.8, 4) is 0 Å². The van der Waals surface area contributed by atoms with Crippen LogP contribution in [0, 0.1) is 13.8 Å². The predicted molar refractivity (Wildman–Crippen MR) is 79.1 cm³/mol. The van der Waals surface area contributed by atoms with Gasteiger partial charge in [0.2, 0.25) is 0 Å². The van der Waals surface area contributed by atoms with Crippen LogP contribution in [-0.2, 0) is 11.8 Å². The number of hydrogen-bond donors (Lipinski definition) is 1. The number of aliphatic hydroxyl groups excluding tert-OH is 1. The van der Waals surface area contributed by atoms with Crippen molar-refractivity contribution in [2.24, 2.45) is 0 Å². The minimum absolute atomic E-state index is 0.174. The third-order valence-corrected chi connectivity index (χ3v) is 3.44. The summed E-state index contributed by atoms with van der Waals surface area (Å²) in [5, 5.41) is 9.91. The van der Waals surface area contributed by atoms with Gasteiger partial charge < -0.3 is 5.11 Å². The molecule has 0 saturated carbocycles. The molecule has 100 valence electrons. The predicted octanol–water partition coefficient (Wildman–Crippen LogP) is 4.08. The molecule has 1 heteroatoms. The Kier molecular flexibility index (Phi) is 4.75. The van der Waals surface area contributed by atoms with Gasteiger partial charge in [0.15, 0.2) is 0 Å². The second-order valence-electron chi connectivity index (χ2n) is 6.22. The highest BCUT2D eigenvalue weighted by molar-refractivity contribution is 5.40. The molecule has 0 aliphatic heterocycles. The summed E-state index contributed by atoms with van der Waals surface area (Å²) in [5.74, 6) is 0. The minimum Gasteiger partial charge on any atom is -0.392 e. The summed E-state index contributed by atoms with van der Waals surface area (Å²) >= 11 is 0. The molecular formula is C17H26O. The van der Waals surface area contributed by atoms with Crippen molar-refractivity contribution in [1.82, 2.24) is 0 Å². The van der Waals surface area contributed by atoms with Gasteiger partial charge in [-0.25, -0.2) is 0 Å². The summed E-state index contributed by atoms with van der Waals surface area (Å²) < 4.78 is 0. The van der Waals surface area contributed by atoms with Crippen LogP contribution in [0.2, 0.25) is 0 Å². The first-order valence-electron chi connectivity index (χ1n) is 6.65. The molecule has 1 aromatic rings. The Labute approximate surface area is 112 Å². The second-order valence-corrected chi connectivity index (χ2v) is 6.22. The summed E-state index contributed by atoms with van der Waals surface area (Å²) in [6.07, 6.45) is 2.83. The molecular weight excluding hydrogens is 220 g/mol. The fraction of sp³-hybridized carbons (Fsp3) is 0.529. The van der Waals surface area contributed by atoms with E-state index in [4.69, 9.17) is 0 Å². The molecule has 1 nitrogen and oxygen atoms in total. The van der Waals surface area contributed by atoms with Gasteiger partial charge in [0.1, 0.15) is 0 Å². The van der Waals surface area contributed by atoms with E-state index in [0.29, 0.717) is 12.8 Å². The lowest BCUT2D eigenvalue weighted by atomic mass is 9.83. The van der Waals surface area contributed by atoms with Gasteiger partial charge in [-0.05, 0) is 54.4 Å². The SMILES string of the molecule is C=CCC(O)Cc1c(C)cc(C(C)(C)C)cc1C. The van der Waals surface area contributed by atoms with Crippen molar-refractivity contribution >= 4 is 0 Å². The molecule has 0 heterocycles. The van der Waals surface area contributed by atoms with Crippen molar-refractivity contribution in [3.05, 3.63) is 47.0 Å². The summed E-state index contributed by atoms with van der Waals surface area (Å²) in [5.41, 5.74) is 5.37. The average Bonchev–Trinajstić information content (AvgIpc) is 2.22. The van der Waals surface area contributed by atoms with E-state index in [-0.39, 0.29) is 11.5 Å². The molecule has 0 radical (unpaired) electrons. The molecule has 0 bridgehead atoms. The van der Waals surface area contributed by atoms with Crippen LogP contribution in [-0.4, -0.2) is 11.2 Å². The van der Waals surface area contributed by atoms with Crippen LogP contribution in [0.25, 0.3) is 0 Å². The second kappa shape index (κ2) is 5.71. The molecule has 1 unspecified atom stereocenters. The van der Waals surface area contributed by atoms with Crippen LogP contribution in [0.5, 0.6) is 0 Å². The third-order valence-electron chi connectivity index (χ3n) is 3.44. The van der Waals surface area contributed by atoms with E-state index < -0.39 is 0 Å². The smallest absolute Gasteiger partial charge is 0.0615 e. The number of benzene rings is 1. The van der Waals surface area contributed by atoms with Crippen molar-refractivity contribution in [3.63, 3.8) is 0 Å². The lowest BCUT2D eigenvalue weighted by Gasteiger charge is -2.23. The fourth-order valence-corrected chi connectivity index (χ4v) is 2.26. The minimum atomic E-state index is -0.319. The molecule has 0 fully saturated rings. The number of rotatable bonds is 4. The van der Waals surface area contributed by atoms with Gasteiger partial charge in [-0.3, -0.25) is 0 Å². The van der Waals surface area contributed by atoms with E-state index in [1.54, 1.807) is 6.08 Å². The number of hydrogen-bond acceptors (Lipinski definition) is 1. The number of aliphatic hydroxyl groups is 1. The third kappa shape index (κ3) is 3.71. The lowest BCUT2D eigenvalue weighted by Crippen LogP contribution is -2.15. The molecule has 0 saturated heterocycles. The number of aryl methyl sites for hydroxylation is 2. The molecule has 18 heavy (non-hydrogen) atoms. The summed E-state index contributed by atoms with van der Waals surface area (Å²) in [4.78, 5) is 0. The van der Waals surface area contributed by atoms with Crippen LogP contribution in [0.3, 0.4) is 0 Å². The molecule has 0 aliphatic rings. The fourth-order valence-electron chi connectivity index (χ4n) is 2.26. The van der Waals surface area contributed by atoms with E-state index in [0.717, 1.165) is 0 Å². The Hall–Kier alpha value is -1.08.